The van der Waals surface area contributed by atoms with E-state index in [1.165, 1.54) is 9.75 Å². The Balaban J connectivity index is 1.51. The number of thiophene rings is 1. The standard InChI is InChI=1S/C20H24N2O2S/c1-15-7-8-18(25-15)13-22(17-5-3-2-4-6-17)20(23)24-19-14-21-11-9-16(19)10-12-21/h2-8,16,19H,9-14H2,1H3. The third-order valence-electron chi connectivity index (χ3n) is 5.25. The van der Waals surface area contributed by atoms with Gasteiger partial charge in [0, 0.05) is 22.0 Å². The van der Waals surface area contributed by atoms with Crippen molar-refractivity contribution in [2.45, 2.75) is 32.4 Å². The molecule has 0 spiro atoms. The van der Waals surface area contributed by atoms with Crippen LogP contribution >= 0.6 is 11.3 Å². The van der Waals surface area contributed by atoms with Crippen molar-refractivity contribution < 1.29 is 9.53 Å². The van der Waals surface area contributed by atoms with Crippen molar-refractivity contribution in [3.05, 3.63) is 52.2 Å². The molecule has 132 valence electrons. The first-order valence-corrected chi connectivity index (χ1v) is 9.81. The molecule has 1 unspecified atom stereocenters. The average molecular weight is 356 g/mol. The number of fused-ring (bicyclic) bond motifs is 3. The van der Waals surface area contributed by atoms with E-state index in [1.807, 2.05) is 30.3 Å². The molecular formula is C20H24N2O2S. The first kappa shape index (κ1) is 16.6. The van der Waals surface area contributed by atoms with Crippen molar-refractivity contribution in [1.82, 2.24) is 4.90 Å². The summed E-state index contributed by atoms with van der Waals surface area (Å²) < 4.78 is 5.97. The molecule has 5 rings (SSSR count). The van der Waals surface area contributed by atoms with Gasteiger partial charge in [-0.15, -0.1) is 11.3 Å². The minimum atomic E-state index is -0.226. The van der Waals surface area contributed by atoms with Crippen molar-refractivity contribution in [2.75, 3.05) is 24.5 Å². The van der Waals surface area contributed by atoms with Crippen molar-refractivity contribution in [3.8, 4) is 0 Å². The summed E-state index contributed by atoms with van der Waals surface area (Å²) in [5.41, 5.74) is 0.889. The van der Waals surface area contributed by atoms with Gasteiger partial charge in [-0.2, -0.15) is 0 Å². The van der Waals surface area contributed by atoms with Crippen LogP contribution in [0, 0.1) is 12.8 Å². The molecule has 1 aromatic carbocycles. The molecule has 0 radical (unpaired) electrons. The number of benzene rings is 1. The number of rotatable bonds is 4. The molecule has 0 aliphatic carbocycles. The molecule has 2 bridgehead atoms. The van der Waals surface area contributed by atoms with Crippen molar-refractivity contribution in [3.63, 3.8) is 0 Å². The van der Waals surface area contributed by atoms with E-state index < -0.39 is 0 Å². The number of aryl methyl sites for hydroxylation is 1. The lowest BCUT2D eigenvalue weighted by atomic mass is 9.86. The smallest absolute Gasteiger partial charge is 0.414 e. The van der Waals surface area contributed by atoms with Crippen LogP contribution in [-0.2, 0) is 11.3 Å². The maximum Gasteiger partial charge on any atom is 0.414 e. The summed E-state index contributed by atoms with van der Waals surface area (Å²) >= 11 is 1.73. The zero-order valence-electron chi connectivity index (χ0n) is 14.6. The van der Waals surface area contributed by atoms with Gasteiger partial charge in [0.05, 0.1) is 6.54 Å². The Morgan fingerprint density at radius 3 is 2.56 bits per heavy atom. The number of hydrogen-bond acceptors (Lipinski definition) is 4. The van der Waals surface area contributed by atoms with Gasteiger partial charge < -0.3 is 4.74 Å². The number of nitrogens with zero attached hydrogens (tertiary/aromatic N) is 2. The Hall–Kier alpha value is -1.85. The van der Waals surface area contributed by atoms with Crippen LogP contribution < -0.4 is 4.90 Å². The van der Waals surface area contributed by atoms with Crippen LogP contribution in [0.25, 0.3) is 0 Å². The Kier molecular flexibility index (Phi) is 4.77. The fourth-order valence-corrected chi connectivity index (χ4v) is 4.71. The zero-order chi connectivity index (χ0) is 17.2. The zero-order valence-corrected chi connectivity index (χ0v) is 15.4. The number of ether oxygens (including phenoxy) is 1. The molecule has 5 heteroatoms. The number of para-hydroxylation sites is 1. The molecular weight excluding hydrogens is 332 g/mol. The van der Waals surface area contributed by atoms with E-state index in [1.54, 1.807) is 16.2 Å². The van der Waals surface area contributed by atoms with Gasteiger partial charge in [0.25, 0.3) is 0 Å². The van der Waals surface area contributed by atoms with Crippen LogP contribution in [-0.4, -0.2) is 36.7 Å². The van der Waals surface area contributed by atoms with E-state index >= 15 is 0 Å². The first-order chi connectivity index (χ1) is 12.2. The fraction of sp³-hybridized carbons (Fsp3) is 0.450. The summed E-state index contributed by atoms with van der Waals surface area (Å²) in [5.74, 6) is 0.524. The first-order valence-electron chi connectivity index (χ1n) is 9.00. The minimum Gasteiger partial charge on any atom is -0.444 e. The second-order valence-corrected chi connectivity index (χ2v) is 8.37. The number of amides is 1. The van der Waals surface area contributed by atoms with Crippen molar-refractivity contribution in [1.29, 1.82) is 0 Å². The quantitative estimate of drug-likeness (QED) is 0.819. The van der Waals surface area contributed by atoms with Gasteiger partial charge in [-0.25, -0.2) is 4.79 Å². The molecule has 3 fully saturated rings. The summed E-state index contributed by atoms with van der Waals surface area (Å²) in [6.07, 6.45) is 2.10. The number of carbonyl (C=O) groups excluding carboxylic acids is 1. The van der Waals surface area contributed by atoms with Crippen LogP contribution in [0.3, 0.4) is 0 Å². The fourth-order valence-electron chi connectivity index (χ4n) is 3.83. The van der Waals surface area contributed by atoms with Gasteiger partial charge in [0.1, 0.15) is 6.10 Å². The van der Waals surface area contributed by atoms with Crippen molar-refractivity contribution in [2.24, 2.45) is 5.92 Å². The summed E-state index contributed by atoms with van der Waals surface area (Å²) in [5, 5.41) is 0. The Morgan fingerprint density at radius 2 is 1.96 bits per heavy atom. The number of anilines is 1. The Bertz CT molecular complexity index is 722. The highest BCUT2D eigenvalue weighted by atomic mass is 32.1. The molecule has 25 heavy (non-hydrogen) atoms. The normalized spacial score (nSPS) is 24.9. The van der Waals surface area contributed by atoms with Crippen LogP contribution in [0.4, 0.5) is 10.5 Å². The molecule has 4 nitrogen and oxygen atoms in total. The van der Waals surface area contributed by atoms with E-state index in [2.05, 4.69) is 24.0 Å². The Morgan fingerprint density at radius 1 is 1.20 bits per heavy atom. The average Bonchev–Trinajstić information content (AvgIpc) is 3.06. The predicted octanol–water partition coefficient (Wildman–Crippen LogP) is 4.29. The van der Waals surface area contributed by atoms with E-state index in [0.29, 0.717) is 12.5 Å². The number of piperidine rings is 3. The Labute approximate surface area is 153 Å². The lowest BCUT2D eigenvalue weighted by Gasteiger charge is -2.44. The summed E-state index contributed by atoms with van der Waals surface area (Å²) in [6.45, 7) is 5.83. The molecule has 1 atom stereocenters. The highest BCUT2D eigenvalue weighted by molar-refractivity contribution is 7.11. The van der Waals surface area contributed by atoms with Gasteiger partial charge >= 0.3 is 6.09 Å². The summed E-state index contributed by atoms with van der Waals surface area (Å²) in [7, 11) is 0. The lowest BCUT2D eigenvalue weighted by molar-refractivity contribution is -0.0311. The lowest BCUT2D eigenvalue weighted by Crippen LogP contribution is -2.53. The van der Waals surface area contributed by atoms with Gasteiger partial charge in [0.2, 0.25) is 0 Å². The van der Waals surface area contributed by atoms with E-state index in [-0.39, 0.29) is 12.2 Å². The van der Waals surface area contributed by atoms with Gasteiger partial charge in [-0.05, 0) is 63.0 Å². The SMILES string of the molecule is Cc1ccc(CN(C(=O)OC2CN3CCC2CC3)c2ccccc2)s1. The maximum atomic E-state index is 13.0. The highest BCUT2D eigenvalue weighted by Crippen LogP contribution is 2.31. The molecule has 0 N–H and O–H groups in total. The van der Waals surface area contributed by atoms with Crippen LogP contribution in [0.1, 0.15) is 22.6 Å². The second-order valence-electron chi connectivity index (χ2n) is 6.99. The molecule has 1 amide bonds. The maximum absolute atomic E-state index is 13.0. The number of hydrogen-bond donors (Lipinski definition) is 0. The van der Waals surface area contributed by atoms with Gasteiger partial charge in [-0.1, -0.05) is 18.2 Å². The van der Waals surface area contributed by atoms with Gasteiger partial charge in [-0.3, -0.25) is 9.80 Å². The topological polar surface area (TPSA) is 32.8 Å². The molecule has 1 aromatic heterocycles. The third kappa shape index (κ3) is 3.72. The molecule has 0 saturated carbocycles. The molecule has 3 aliphatic heterocycles. The molecule has 4 heterocycles. The van der Waals surface area contributed by atoms with Crippen LogP contribution in [0.2, 0.25) is 0 Å². The van der Waals surface area contributed by atoms with E-state index in [9.17, 15) is 4.79 Å². The predicted molar refractivity (Wildman–Crippen MR) is 101 cm³/mol. The monoisotopic (exact) mass is 356 g/mol. The number of carbonyl (C=O) groups is 1. The molecule has 3 aliphatic rings. The van der Waals surface area contributed by atoms with E-state index in [4.69, 9.17) is 4.74 Å². The summed E-state index contributed by atoms with van der Waals surface area (Å²) in [4.78, 5) is 19.6. The molecule has 3 saturated heterocycles. The van der Waals surface area contributed by atoms with Crippen LogP contribution in [0.15, 0.2) is 42.5 Å². The van der Waals surface area contributed by atoms with E-state index in [0.717, 1.165) is 38.2 Å². The summed E-state index contributed by atoms with van der Waals surface area (Å²) in [6, 6.07) is 14.0. The molecule has 2 aromatic rings. The van der Waals surface area contributed by atoms with Crippen molar-refractivity contribution >= 4 is 23.1 Å². The highest BCUT2D eigenvalue weighted by Gasteiger charge is 2.37. The third-order valence-corrected chi connectivity index (χ3v) is 6.23. The minimum absolute atomic E-state index is 0.0336. The van der Waals surface area contributed by atoms with Crippen LogP contribution in [0.5, 0.6) is 0 Å². The largest absolute Gasteiger partial charge is 0.444 e. The van der Waals surface area contributed by atoms with Gasteiger partial charge in [0.15, 0.2) is 0 Å². The second kappa shape index (κ2) is 7.18.